The van der Waals surface area contributed by atoms with Crippen molar-refractivity contribution >= 4 is 11.7 Å². The Balaban J connectivity index is 1.62. The standard InChI is InChI=1S/C21H25F3N4O2/c1-13-7-9-27(10-8-13)20(29)17-12-19-25-16(14-3-5-15(30-2)6-4-14)11-18(21(22,23)24)28(19)26-17/h3-6,12-13,16,18,25H,7-11H2,1-2H3. The van der Waals surface area contributed by atoms with Gasteiger partial charge in [0.05, 0.1) is 13.2 Å². The SMILES string of the molecule is COc1ccc(C2CC(C(F)(F)F)n3nc(C(=O)N4CCC(C)CC4)cc3N2)cc1. The van der Waals surface area contributed by atoms with Gasteiger partial charge in [-0.25, -0.2) is 4.68 Å². The predicted octanol–water partition coefficient (Wildman–Crippen LogP) is 4.42. The molecular formula is C21H25F3N4O2. The van der Waals surface area contributed by atoms with Crippen LogP contribution in [0.2, 0.25) is 0 Å². The number of ether oxygens (including phenoxy) is 1. The molecule has 0 spiro atoms. The summed E-state index contributed by atoms with van der Waals surface area (Å²) in [7, 11) is 1.54. The van der Waals surface area contributed by atoms with Gasteiger partial charge in [0.15, 0.2) is 11.7 Å². The number of amides is 1. The Labute approximate surface area is 173 Å². The average Bonchev–Trinajstić information content (AvgIpc) is 3.16. The molecule has 4 rings (SSSR count). The molecule has 1 aromatic carbocycles. The molecule has 1 fully saturated rings. The first-order valence-electron chi connectivity index (χ1n) is 10.1. The predicted molar refractivity (Wildman–Crippen MR) is 106 cm³/mol. The number of anilines is 1. The summed E-state index contributed by atoms with van der Waals surface area (Å²) in [5.41, 5.74) is 0.770. The number of carbonyl (C=O) groups excluding carboxylic acids is 1. The fourth-order valence-corrected chi connectivity index (χ4v) is 4.11. The summed E-state index contributed by atoms with van der Waals surface area (Å²) in [6, 6.07) is 6.02. The summed E-state index contributed by atoms with van der Waals surface area (Å²) in [6.45, 7) is 3.34. The van der Waals surface area contributed by atoms with Crippen LogP contribution < -0.4 is 10.1 Å². The molecule has 3 heterocycles. The first kappa shape index (κ1) is 20.6. The number of rotatable bonds is 3. The van der Waals surface area contributed by atoms with Gasteiger partial charge in [0.2, 0.25) is 0 Å². The van der Waals surface area contributed by atoms with Gasteiger partial charge in [-0.3, -0.25) is 4.79 Å². The Morgan fingerprint density at radius 2 is 1.87 bits per heavy atom. The summed E-state index contributed by atoms with van der Waals surface area (Å²) in [5, 5.41) is 7.20. The molecular weight excluding hydrogens is 397 g/mol. The third kappa shape index (κ3) is 3.97. The van der Waals surface area contributed by atoms with Gasteiger partial charge in [-0.15, -0.1) is 0 Å². The minimum atomic E-state index is -4.48. The van der Waals surface area contributed by atoms with Crippen molar-refractivity contribution in [2.45, 2.75) is 44.4 Å². The second kappa shape index (κ2) is 7.85. The van der Waals surface area contributed by atoms with Crippen LogP contribution in [0.5, 0.6) is 5.75 Å². The lowest BCUT2D eigenvalue weighted by Crippen LogP contribution is -2.38. The van der Waals surface area contributed by atoms with Crippen molar-refractivity contribution in [3.63, 3.8) is 0 Å². The molecule has 0 saturated carbocycles. The van der Waals surface area contributed by atoms with Gasteiger partial charge in [0, 0.05) is 25.6 Å². The molecule has 162 valence electrons. The van der Waals surface area contributed by atoms with E-state index in [0.717, 1.165) is 23.1 Å². The lowest BCUT2D eigenvalue weighted by atomic mass is 9.97. The van der Waals surface area contributed by atoms with Crippen molar-refractivity contribution in [1.29, 1.82) is 0 Å². The van der Waals surface area contributed by atoms with Crippen molar-refractivity contribution in [2.75, 3.05) is 25.5 Å². The third-order valence-electron chi connectivity index (χ3n) is 6.00. The number of hydrogen-bond acceptors (Lipinski definition) is 4. The number of nitrogens with one attached hydrogen (secondary N) is 1. The molecule has 1 aromatic heterocycles. The molecule has 2 atom stereocenters. The highest BCUT2D eigenvalue weighted by atomic mass is 19.4. The Bertz CT molecular complexity index is 902. The number of aromatic nitrogens is 2. The van der Waals surface area contributed by atoms with Gasteiger partial charge in [-0.1, -0.05) is 19.1 Å². The van der Waals surface area contributed by atoms with Crippen LogP contribution >= 0.6 is 0 Å². The quantitative estimate of drug-likeness (QED) is 0.795. The first-order valence-corrected chi connectivity index (χ1v) is 10.1. The van der Waals surface area contributed by atoms with Crippen LogP contribution in [0.25, 0.3) is 0 Å². The summed E-state index contributed by atoms with van der Waals surface area (Å²) in [4.78, 5) is 14.5. The van der Waals surface area contributed by atoms with Gasteiger partial charge in [-0.05, 0) is 36.5 Å². The number of methoxy groups -OCH3 is 1. The van der Waals surface area contributed by atoms with Crippen LogP contribution in [0.4, 0.5) is 19.0 Å². The second-order valence-corrected chi connectivity index (χ2v) is 8.10. The Kier molecular flexibility index (Phi) is 5.38. The van der Waals surface area contributed by atoms with Crippen LogP contribution in [-0.4, -0.2) is 47.0 Å². The molecule has 2 aliphatic rings. The smallest absolute Gasteiger partial charge is 0.410 e. The van der Waals surface area contributed by atoms with Gasteiger partial charge >= 0.3 is 6.18 Å². The van der Waals surface area contributed by atoms with E-state index in [4.69, 9.17) is 4.74 Å². The zero-order valence-corrected chi connectivity index (χ0v) is 16.9. The number of hydrogen-bond donors (Lipinski definition) is 1. The molecule has 9 heteroatoms. The lowest BCUT2D eigenvalue weighted by molar-refractivity contribution is -0.173. The fourth-order valence-electron chi connectivity index (χ4n) is 4.11. The van der Waals surface area contributed by atoms with E-state index in [-0.39, 0.29) is 23.8 Å². The summed E-state index contributed by atoms with van der Waals surface area (Å²) >= 11 is 0. The zero-order chi connectivity index (χ0) is 21.5. The summed E-state index contributed by atoms with van der Waals surface area (Å²) < 4.78 is 47.5. The zero-order valence-electron chi connectivity index (χ0n) is 16.9. The fraction of sp³-hybridized carbons (Fsp3) is 0.524. The van der Waals surface area contributed by atoms with E-state index >= 15 is 0 Å². The largest absolute Gasteiger partial charge is 0.497 e. The normalized spacial score (nSPS) is 22.4. The van der Waals surface area contributed by atoms with Crippen molar-refractivity contribution in [3.8, 4) is 5.75 Å². The van der Waals surface area contributed by atoms with Crippen LogP contribution in [0.1, 0.15) is 54.3 Å². The minimum absolute atomic E-state index is 0.0525. The van der Waals surface area contributed by atoms with Gasteiger partial charge in [-0.2, -0.15) is 18.3 Å². The minimum Gasteiger partial charge on any atom is -0.497 e. The lowest BCUT2D eigenvalue weighted by Gasteiger charge is -2.33. The summed E-state index contributed by atoms with van der Waals surface area (Å²) in [6.07, 6.45) is -2.90. The maximum Gasteiger partial charge on any atom is 0.410 e. The van der Waals surface area contributed by atoms with Crippen molar-refractivity contribution in [2.24, 2.45) is 5.92 Å². The number of fused-ring (bicyclic) bond motifs is 1. The van der Waals surface area contributed by atoms with E-state index in [9.17, 15) is 18.0 Å². The molecule has 30 heavy (non-hydrogen) atoms. The van der Waals surface area contributed by atoms with Crippen molar-refractivity contribution in [1.82, 2.24) is 14.7 Å². The monoisotopic (exact) mass is 422 g/mol. The van der Waals surface area contributed by atoms with Crippen LogP contribution in [0.3, 0.4) is 0 Å². The van der Waals surface area contributed by atoms with E-state index in [2.05, 4.69) is 17.3 Å². The first-order chi connectivity index (χ1) is 14.3. The number of benzene rings is 1. The maximum absolute atomic E-state index is 13.8. The molecule has 0 radical (unpaired) electrons. The molecule has 1 amide bonds. The molecule has 2 aliphatic heterocycles. The van der Waals surface area contributed by atoms with Crippen LogP contribution in [0.15, 0.2) is 30.3 Å². The molecule has 2 unspecified atom stereocenters. The number of piperidine rings is 1. The Morgan fingerprint density at radius 3 is 2.47 bits per heavy atom. The highest BCUT2D eigenvalue weighted by Crippen LogP contribution is 2.43. The second-order valence-electron chi connectivity index (χ2n) is 8.10. The number of alkyl halides is 3. The van der Waals surface area contributed by atoms with Crippen molar-refractivity contribution < 1.29 is 22.7 Å². The van der Waals surface area contributed by atoms with E-state index in [1.165, 1.54) is 13.2 Å². The maximum atomic E-state index is 13.8. The van der Waals surface area contributed by atoms with Crippen molar-refractivity contribution in [3.05, 3.63) is 41.6 Å². The van der Waals surface area contributed by atoms with E-state index in [1.807, 2.05) is 0 Å². The Morgan fingerprint density at radius 1 is 1.20 bits per heavy atom. The highest BCUT2D eigenvalue weighted by molar-refractivity contribution is 5.93. The molecule has 6 nitrogen and oxygen atoms in total. The molecule has 0 aliphatic carbocycles. The van der Waals surface area contributed by atoms with Crippen LogP contribution in [-0.2, 0) is 0 Å². The van der Waals surface area contributed by atoms with E-state index in [1.54, 1.807) is 29.2 Å². The topological polar surface area (TPSA) is 59.4 Å². The van der Waals surface area contributed by atoms with Gasteiger partial charge in [0.1, 0.15) is 11.6 Å². The third-order valence-corrected chi connectivity index (χ3v) is 6.00. The van der Waals surface area contributed by atoms with Gasteiger partial charge < -0.3 is 15.0 Å². The number of carbonyl (C=O) groups is 1. The number of halogens is 3. The van der Waals surface area contributed by atoms with Gasteiger partial charge in [0.25, 0.3) is 5.91 Å². The van der Waals surface area contributed by atoms with Crippen LogP contribution in [0, 0.1) is 5.92 Å². The number of nitrogens with zero attached hydrogens (tertiary/aromatic N) is 3. The Hall–Kier alpha value is -2.71. The highest BCUT2D eigenvalue weighted by Gasteiger charge is 2.47. The molecule has 1 N–H and O–H groups in total. The van der Waals surface area contributed by atoms with E-state index < -0.39 is 18.3 Å². The molecule has 0 bridgehead atoms. The number of likely N-dealkylation sites (tertiary alicyclic amines) is 1. The summed E-state index contributed by atoms with van der Waals surface area (Å²) in [5.74, 6) is 1.08. The average molecular weight is 422 g/mol. The van der Waals surface area contributed by atoms with E-state index in [0.29, 0.717) is 24.8 Å². The molecule has 1 saturated heterocycles. The molecule has 2 aromatic rings.